The Hall–Kier alpha value is -0.820. The SMILES string of the molecule is COCCOCCOCCSc1ccc(F)cc1N. The van der Waals surface area contributed by atoms with E-state index in [-0.39, 0.29) is 5.82 Å². The molecule has 1 aromatic carbocycles. The predicted octanol–water partition coefficient (Wildman–Crippen LogP) is 2.18. The molecular formula is C13H20FNO3S. The fourth-order valence-corrected chi connectivity index (χ4v) is 2.14. The first-order valence-corrected chi connectivity index (χ1v) is 7.05. The fourth-order valence-electron chi connectivity index (χ4n) is 1.33. The molecular weight excluding hydrogens is 269 g/mol. The molecule has 0 aliphatic rings. The van der Waals surface area contributed by atoms with Crippen LogP contribution in [0.2, 0.25) is 0 Å². The second-order valence-corrected chi connectivity index (χ2v) is 4.88. The zero-order valence-corrected chi connectivity index (χ0v) is 11.9. The van der Waals surface area contributed by atoms with E-state index in [1.807, 2.05) is 0 Å². The second-order valence-electron chi connectivity index (χ2n) is 3.75. The van der Waals surface area contributed by atoms with Crippen molar-refractivity contribution in [2.24, 2.45) is 0 Å². The van der Waals surface area contributed by atoms with Gasteiger partial charge in [0.05, 0.1) is 33.0 Å². The Kier molecular flexibility index (Phi) is 8.57. The molecule has 0 saturated heterocycles. The summed E-state index contributed by atoms with van der Waals surface area (Å²) >= 11 is 1.55. The van der Waals surface area contributed by atoms with Crippen molar-refractivity contribution in [3.63, 3.8) is 0 Å². The normalized spacial score (nSPS) is 10.8. The maximum atomic E-state index is 12.8. The molecule has 0 aliphatic carbocycles. The fraction of sp³-hybridized carbons (Fsp3) is 0.538. The number of halogens is 1. The topological polar surface area (TPSA) is 53.7 Å². The first-order valence-electron chi connectivity index (χ1n) is 6.06. The van der Waals surface area contributed by atoms with Crippen molar-refractivity contribution < 1.29 is 18.6 Å². The average Bonchev–Trinajstić information content (AvgIpc) is 2.39. The maximum Gasteiger partial charge on any atom is 0.125 e. The molecule has 1 aromatic rings. The van der Waals surface area contributed by atoms with E-state index in [9.17, 15) is 4.39 Å². The van der Waals surface area contributed by atoms with Gasteiger partial charge >= 0.3 is 0 Å². The first-order chi connectivity index (χ1) is 9.24. The molecule has 0 aliphatic heterocycles. The molecule has 0 unspecified atom stereocenters. The van der Waals surface area contributed by atoms with Crippen molar-refractivity contribution in [1.29, 1.82) is 0 Å². The smallest absolute Gasteiger partial charge is 0.125 e. The van der Waals surface area contributed by atoms with Crippen molar-refractivity contribution in [2.45, 2.75) is 4.90 Å². The molecule has 0 heterocycles. The Bertz CT molecular complexity index is 366. The lowest BCUT2D eigenvalue weighted by molar-refractivity contribution is 0.0286. The lowest BCUT2D eigenvalue weighted by Gasteiger charge is -2.07. The van der Waals surface area contributed by atoms with Crippen LogP contribution in [0.25, 0.3) is 0 Å². The third-order valence-electron chi connectivity index (χ3n) is 2.26. The largest absolute Gasteiger partial charge is 0.398 e. The lowest BCUT2D eigenvalue weighted by atomic mass is 10.3. The van der Waals surface area contributed by atoms with Gasteiger partial charge in [-0.2, -0.15) is 0 Å². The summed E-state index contributed by atoms with van der Waals surface area (Å²) in [6.45, 7) is 2.91. The number of benzene rings is 1. The second kappa shape index (κ2) is 10.0. The Balaban J connectivity index is 2.01. The van der Waals surface area contributed by atoms with Crippen molar-refractivity contribution in [3.8, 4) is 0 Å². The third kappa shape index (κ3) is 7.37. The summed E-state index contributed by atoms with van der Waals surface area (Å²) < 4.78 is 28.3. The van der Waals surface area contributed by atoms with Gasteiger partial charge in [-0.15, -0.1) is 11.8 Å². The summed E-state index contributed by atoms with van der Waals surface area (Å²) in [5, 5.41) is 0. The van der Waals surface area contributed by atoms with Crippen LogP contribution in [0.5, 0.6) is 0 Å². The molecule has 2 N–H and O–H groups in total. The van der Waals surface area contributed by atoms with Gasteiger partial charge in [0.2, 0.25) is 0 Å². The number of hydrogen-bond donors (Lipinski definition) is 1. The molecule has 0 fully saturated rings. The summed E-state index contributed by atoms with van der Waals surface area (Å²) in [6.07, 6.45) is 0. The van der Waals surface area contributed by atoms with Gasteiger partial charge in [-0.1, -0.05) is 0 Å². The molecule has 0 bridgehead atoms. The zero-order chi connectivity index (χ0) is 13.9. The number of thioether (sulfide) groups is 1. The highest BCUT2D eigenvalue weighted by Gasteiger charge is 2.01. The Labute approximate surface area is 117 Å². The number of methoxy groups -OCH3 is 1. The van der Waals surface area contributed by atoms with E-state index in [0.717, 1.165) is 10.6 Å². The van der Waals surface area contributed by atoms with Crippen LogP contribution in [0.4, 0.5) is 10.1 Å². The molecule has 0 saturated carbocycles. The Morgan fingerprint density at radius 1 is 1.11 bits per heavy atom. The van der Waals surface area contributed by atoms with Crippen LogP contribution in [0, 0.1) is 5.82 Å². The number of hydrogen-bond acceptors (Lipinski definition) is 5. The Morgan fingerprint density at radius 2 is 1.79 bits per heavy atom. The summed E-state index contributed by atoms with van der Waals surface area (Å²) in [5.41, 5.74) is 6.16. The monoisotopic (exact) mass is 289 g/mol. The van der Waals surface area contributed by atoms with Crippen LogP contribution >= 0.6 is 11.8 Å². The quantitative estimate of drug-likeness (QED) is 0.406. The van der Waals surface area contributed by atoms with E-state index in [0.29, 0.717) is 38.7 Å². The summed E-state index contributed by atoms with van der Waals surface area (Å²) in [4.78, 5) is 0.876. The van der Waals surface area contributed by atoms with Crippen molar-refractivity contribution in [3.05, 3.63) is 24.0 Å². The highest BCUT2D eigenvalue weighted by atomic mass is 32.2. The molecule has 6 heteroatoms. The minimum Gasteiger partial charge on any atom is -0.398 e. The summed E-state index contributed by atoms with van der Waals surface area (Å²) in [5.74, 6) is 0.458. The molecule has 4 nitrogen and oxygen atoms in total. The zero-order valence-electron chi connectivity index (χ0n) is 11.1. The van der Waals surface area contributed by atoms with E-state index in [4.69, 9.17) is 19.9 Å². The molecule has 19 heavy (non-hydrogen) atoms. The van der Waals surface area contributed by atoms with Gasteiger partial charge in [0, 0.05) is 23.4 Å². The van der Waals surface area contributed by atoms with Crippen molar-refractivity contribution in [1.82, 2.24) is 0 Å². The lowest BCUT2D eigenvalue weighted by Crippen LogP contribution is -2.09. The number of anilines is 1. The molecule has 1 rings (SSSR count). The number of rotatable bonds is 10. The average molecular weight is 289 g/mol. The van der Waals surface area contributed by atoms with E-state index < -0.39 is 0 Å². The standard InChI is InChI=1S/C13H20FNO3S/c1-16-4-5-17-6-7-18-8-9-19-13-3-2-11(14)10-12(13)15/h2-3,10H,4-9,15H2,1H3. The molecule has 0 atom stereocenters. The number of ether oxygens (including phenoxy) is 3. The van der Waals surface area contributed by atoms with Crippen LogP contribution in [0.15, 0.2) is 23.1 Å². The highest BCUT2D eigenvalue weighted by Crippen LogP contribution is 2.25. The van der Waals surface area contributed by atoms with Gasteiger partial charge in [0.15, 0.2) is 0 Å². The number of nitrogens with two attached hydrogens (primary N) is 1. The van der Waals surface area contributed by atoms with Crippen molar-refractivity contribution in [2.75, 3.05) is 51.6 Å². The van der Waals surface area contributed by atoms with Gasteiger partial charge in [0.1, 0.15) is 5.82 Å². The highest BCUT2D eigenvalue weighted by molar-refractivity contribution is 7.99. The van der Waals surface area contributed by atoms with E-state index in [2.05, 4.69) is 0 Å². The van der Waals surface area contributed by atoms with E-state index in [1.54, 1.807) is 24.9 Å². The first kappa shape index (κ1) is 16.2. The third-order valence-corrected chi connectivity index (χ3v) is 3.31. The van der Waals surface area contributed by atoms with Crippen LogP contribution in [-0.4, -0.2) is 45.9 Å². The van der Waals surface area contributed by atoms with Crippen LogP contribution in [0.3, 0.4) is 0 Å². The van der Waals surface area contributed by atoms with E-state index in [1.165, 1.54) is 12.1 Å². The summed E-state index contributed by atoms with van der Waals surface area (Å²) in [7, 11) is 1.64. The van der Waals surface area contributed by atoms with Gasteiger partial charge in [0.25, 0.3) is 0 Å². The van der Waals surface area contributed by atoms with Gasteiger partial charge in [-0.3, -0.25) is 0 Å². The summed E-state index contributed by atoms with van der Waals surface area (Å²) in [6, 6.07) is 4.42. The Morgan fingerprint density at radius 3 is 2.47 bits per heavy atom. The van der Waals surface area contributed by atoms with Gasteiger partial charge < -0.3 is 19.9 Å². The van der Waals surface area contributed by atoms with Gasteiger partial charge in [-0.05, 0) is 18.2 Å². The minimum absolute atomic E-state index is 0.314. The van der Waals surface area contributed by atoms with Gasteiger partial charge in [-0.25, -0.2) is 4.39 Å². The van der Waals surface area contributed by atoms with Crippen LogP contribution < -0.4 is 5.73 Å². The predicted molar refractivity (Wildman–Crippen MR) is 75.1 cm³/mol. The van der Waals surface area contributed by atoms with Crippen LogP contribution in [-0.2, 0) is 14.2 Å². The minimum atomic E-state index is -0.314. The molecule has 0 spiro atoms. The van der Waals surface area contributed by atoms with E-state index >= 15 is 0 Å². The number of nitrogen functional groups attached to an aromatic ring is 1. The molecule has 108 valence electrons. The molecule has 0 aromatic heterocycles. The molecule has 0 amide bonds. The van der Waals surface area contributed by atoms with Crippen LogP contribution in [0.1, 0.15) is 0 Å². The van der Waals surface area contributed by atoms with Crippen molar-refractivity contribution >= 4 is 17.4 Å². The maximum absolute atomic E-state index is 12.8. The molecule has 0 radical (unpaired) electrons.